The zero-order valence-electron chi connectivity index (χ0n) is 14.5. The Labute approximate surface area is 137 Å². The molecule has 0 radical (unpaired) electrons. The monoisotopic (exact) mass is 410 g/mol. The van der Waals surface area contributed by atoms with Crippen molar-refractivity contribution in [3.05, 3.63) is 0 Å². The topological polar surface area (TPSA) is 0 Å². The van der Waals surface area contributed by atoms with Gasteiger partial charge in [0.2, 0.25) is 0 Å². The Kier molecular flexibility index (Phi) is 15.8. The van der Waals surface area contributed by atoms with Gasteiger partial charge in [0.05, 0.1) is 0 Å². The minimum absolute atomic E-state index is 1.35. The number of rotatable bonds is 15. The molecule has 0 aliphatic heterocycles. The van der Waals surface area contributed by atoms with Crippen LogP contribution in [0.5, 0.6) is 0 Å². The van der Waals surface area contributed by atoms with E-state index in [-0.39, 0.29) is 0 Å². The van der Waals surface area contributed by atoms with Crippen molar-refractivity contribution in [3.63, 3.8) is 0 Å². The van der Waals surface area contributed by atoms with E-state index in [4.69, 9.17) is 8.92 Å². The Bertz CT molecular complexity index is 178. The van der Waals surface area contributed by atoms with Crippen LogP contribution in [0.15, 0.2) is 0 Å². The summed E-state index contributed by atoms with van der Waals surface area (Å²) in [6.45, 7) is 6.94. The van der Waals surface area contributed by atoms with Gasteiger partial charge in [-0.05, 0) is 0 Å². The Hall–Kier alpha value is 1.09. The second-order valence-electron chi connectivity index (χ2n) is 6.54. The molecule has 0 rings (SSSR count). The molecule has 0 unspecified atom stereocenters. The fraction of sp³-hybridized carbons (Fsp3) is 1.00. The van der Waals surface area contributed by atoms with Crippen LogP contribution in [0.25, 0.3) is 0 Å². The van der Waals surface area contributed by atoms with Gasteiger partial charge in [-0.15, -0.1) is 0 Å². The van der Waals surface area contributed by atoms with Crippen LogP contribution in [-0.4, -0.2) is 17.3 Å². The first-order valence-corrected chi connectivity index (χ1v) is 19.0. The molecule has 0 fully saturated rings. The maximum atomic E-state index is 7.01. The third-order valence-electron chi connectivity index (χ3n) is 4.59. The summed E-state index contributed by atoms with van der Waals surface area (Å²) in [5.74, 6) is 0. The van der Waals surface area contributed by atoms with Gasteiger partial charge in [-0.2, -0.15) is 0 Å². The molecule has 0 aliphatic rings. The van der Waals surface area contributed by atoms with E-state index in [1.54, 1.807) is 0 Å². The van der Waals surface area contributed by atoms with Gasteiger partial charge in [0.15, 0.2) is 0 Å². The van der Waals surface area contributed by atoms with Crippen molar-refractivity contribution in [2.24, 2.45) is 0 Å². The molecule has 0 nitrogen and oxygen atoms in total. The zero-order chi connectivity index (χ0) is 15.1. The molecule has 0 N–H and O–H groups in total. The maximum absolute atomic E-state index is 7.01. The molecule has 0 aromatic heterocycles. The van der Waals surface area contributed by atoms with Gasteiger partial charge < -0.3 is 0 Å². The van der Waals surface area contributed by atoms with Crippen molar-refractivity contribution in [1.29, 1.82) is 0 Å². The van der Waals surface area contributed by atoms with E-state index in [9.17, 15) is 0 Å². The van der Waals surface area contributed by atoms with Crippen LogP contribution in [0.1, 0.15) is 97.8 Å². The van der Waals surface area contributed by atoms with E-state index >= 15 is 0 Å². The summed E-state index contributed by atoms with van der Waals surface area (Å²) in [6.07, 6.45) is 17.0. The van der Waals surface area contributed by atoms with Crippen molar-refractivity contribution in [2.45, 2.75) is 111 Å². The summed E-state index contributed by atoms with van der Waals surface area (Å²) in [5.41, 5.74) is 0. The second kappa shape index (κ2) is 15.0. The van der Waals surface area contributed by atoms with E-state index in [0.717, 1.165) is 0 Å². The third-order valence-corrected chi connectivity index (χ3v) is 19.7. The summed E-state index contributed by atoms with van der Waals surface area (Å²) in [6, 6.07) is 0. The molecule has 0 heterocycles. The predicted octanol–water partition coefficient (Wildman–Crippen LogP) is 7.91. The van der Waals surface area contributed by atoms with Gasteiger partial charge in [-0.25, -0.2) is 0 Å². The van der Waals surface area contributed by atoms with Crippen molar-refractivity contribution in [1.82, 2.24) is 0 Å². The predicted molar refractivity (Wildman–Crippen MR) is 98.5 cm³/mol. The molecular weight excluding hydrogens is 370 g/mol. The summed E-state index contributed by atoms with van der Waals surface area (Å²) in [5, 5.41) is 0. The first-order valence-electron chi connectivity index (χ1n) is 9.37. The summed E-state index contributed by atoms with van der Waals surface area (Å²) >= 11 is -2.15. The standard InChI is InChI=1S/2C8H17.C2H5.ClH.Sn/c2*1-3-5-7-8-6-4-2;1-2;;/h2*1,3-8H2,2H3;1H2,2H3;1H;/q;;;;+1/p-1. The van der Waals surface area contributed by atoms with Crippen molar-refractivity contribution in [3.8, 4) is 0 Å². The van der Waals surface area contributed by atoms with Gasteiger partial charge in [-0.1, -0.05) is 0 Å². The average Bonchev–Trinajstić information content (AvgIpc) is 2.46. The molecule has 0 saturated heterocycles. The third kappa shape index (κ3) is 12.8. The van der Waals surface area contributed by atoms with Gasteiger partial charge in [0.25, 0.3) is 0 Å². The quantitative estimate of drug-likeness (QED) is 0.190. The Balaban J connectivity index is 3.57. The molecule has 0 spiro atoms. The zero-order valence-corrected chi connectivity index (χ0v) is 18.1. The van der Waals surface area contributed by atoms with Crippen LogP contribution in [-0.2, 0) is 0 Å². The fourth-order valence-electron chi connectivity index (χ4n) is 2.92. The Morgan fingerprint density at radius 2 is 0.900 bits per heavy atom. The number of halogens is 1. The minimum atomic E-state index is -2.15. The molecule has 0 amide bonds. The number of unbranched alkanes of at least 4 members (excludes halogenated alkanes) is 10. The van der Waals surface area contributed by atoms with Crippen LogP contribution in [0.4, 0.5) is 0 Å². The van der Waals surface area contributed by atoms with Crippen LogP contribution >= 0.6 is 8.92 Å². The van der Waals surface area contributed by atoms with E-state index < -0.39 is 17.3 Å². The van der Waals surface area contributed by atoms with Gasteiger partial charge >= 0.3 is 137 Å². The van der Waals surface area contributed by atoms with Gasteiger partial charge in [0, 0.05) is 0 Å². The first kappa shape index (κ1) is 21.1. The Morgan fingerprint density at radius 3 is 1.25 bits per heavy atom. The van der Waals surface area contributed by atoms with E-state index in [0.29, 0.717) is 0 Å². The van der Waals surface area contributed by atoms with Crippen LogP contribution in [0.3, 0.4) is 0 Å². The second-order valence-corrected chi connectivity index (χ2v) is 23.4. The van der Waals surface area contributed by atoms with Gasteiger partial charge in [0.1, 0.15) is 0 Å². The van der Waals surface area contributed by atoms with E-state index in [1.165, 1.54) is 90.4 Å². The molecule has 0 aromatic carbocycles. The molecule has 0 saturated carbocycles. The first-order chi connectivity index (χ1) is 9.68. The van der Waals surface area contributed by atoms with Crippen molar-refractivity contribution < 1.29 is 0 Å². The molecular formula is C18H39ClSn. The summed E-state index contributed by atoms with van der Waals surface area (Å²) in [4.78, 5) is 0. The van der Waals surface area contributed by atoms with Crippen LogP contribution < -0.4 is 0 Å². The molecule has 0 atom stereocenters. The van der Waals surface area contributed by atoms with Gasteiger partial charge in [-0.3, -0.25) is 0 Å². The number of hydrogen-bond acceptors (Lipinski definition) is 0. The Morgan fingerprint density at radius 1 is 0.550 bits per heavy atom. The van der Waals surface area contributed by atoms with E-state index in [1.807, 2.05) is 0 Å². The SMILES string of the molecule is CCCCCCC[CH2][Sn]([Cl])([CH2]C)[CH2]CCCCCCC. The summed E-state index contributed by atoms with van der Waals surface area (Å²) in [7, 11) is 7.01. The average molecular weight is 410 g/mol. The van der Waals surface area contributed by atoms with E-state index in [2.05, 4.69) is 20.8 Å². The molecule has 20 heavy (non-hydrogen) atoms. The molecule has 2 heteroatoms. The molecule has 122 valence electrons. The normalized spacial score (nSPS) is 12.0. The number of hydrogen-bond donors (Lipinski definition) is 0. The molecule has 0 aliphatic carbocycles. The molecule has 0 bridgehead atoms. The van der Waals surface area contributed by atoms with Crippen molar-refractivity contribution in [2.75, 3.05) is 0 Å². The molecule has 0 aromatic rings. The summed E-state index contributed by atoms with van der Waals surface area (Å²) < 4.78 is 4.22. The van der Waals surface area contributed by atoms with Crippen LogP contribution in [0.2, 0.25) is 13.3 Å². The van der Waals surface area contributed by atoms with Crippen LogP contribution in [0, 0.1) is 0 Å². The fourth-order valence-corrected chi connectivity index (χ4v) is 12.5. The van der Waals surface area contributed by atoms with Crippen molar-refractivity contribution >= 4 is 26.2 Å².